The van der Waals surface area contributed by atoms with Gasteiger partial charge in [-0.1, -0.05) is 12.1 Å². The lowest BCUT2D eigenvalue weighted by Gasteiger charge is -2.08. The second-order valence-electron chi connectivity index (χ2n) is 5.42. The molecule has 1 fully saturated rings. The average Bonchev–Trinajstić information content (AvgIpc) is 2.99. The number of hydrogen-bond donors (Lipinski definition) is 2. The Bertz CT molecular complexity index is 487. The number of halogens is 1. The molecule has 1 atom stereocenters. The zero-order chi connectivity index (χ0) is 15.1. The van der Waals surface area contributed by atoms with Crippen molar-refractivity contribution < 1.29 is 9.72 Å². The molecule has 0 aliphatic carbocycles. The van der Waals surface area contributed by atoms with Crippen LogP contribution < -0.4 is 10.6 Å². The topological polar surface area (TPSA) is 84.3 Å². The second kappa shape index (κ2) is 9.38. The number of rotatable bonds is 7. The molecule has 22 heavy (non-hydrogen) atoms. The molecular weight excluding hydrogens is 306 g/mol. The van der Waals surface area contributed by atoms with Crippen molar-refractivity contribution in [2.45, 2.75) is 25.7 Å². The normalized spacial score (nSPS) is 16.8. The van der Waals surface area contributed by atoms with Crippen LogP contribution in [0.5, 0.6) is 0 Å². The van der Waals surface area contributed by atoms with Crippen LogP contribution >= 0.6 is 12.4 Å². The largest absolute Gasteiger partial charge is 0.356 e. The molecule has 0 aromatic heterocycles. The third-order valence-corrected chi connectivity index (χ3v) is 3.83. The lowest BCUT2D eigenvalue weighted by atomic mass is 10.0. The molecule has 2 N–H and O–H groups in total. The summed E-state index contributed by atoms with van der Waals surface area (Å²) in [6.07, 6.45) is 3.37. The van der Waals surface area contributed by atoms with E-state index in [0.717, 1.165) is 31.5 Å². The Kier molecular flexibility index (Phi) is 7.84. The average molecular weight is 328 g/mol. The summed E-state index contributed by atoms with van der Waals surface area (Å²) in [6.45, 7) is 2.65. The van der Waals surface area contributed by atoms with E-state index >= 15 is 0 Å². The molecule has 0 spiro atoms. The highest BCUT2D eigenvalue weighted by molar-refractivity contribution is 5.85. The summed E-state index contributed by atoms with van der Waals surface area (Å²) in [6, 6.07) is 6.44. The number of nitrogens with zero attached hydrogens (tertiary/aromatic N) is 1. The SMILES string of the molecule is Cl.O=C(CCC1CCNC1)NCCc1ccc([N+](=O)[O-])cc1. The van der Waals surface area contributed by atoms with Gasteiger partial charge in [0.1, 0.15) is 0 Å². The standard InChI is InChI=1S/C15H21N3O3.ClH/c19-15(6-3-13-7-9-16-11-13)17-10-8-12-1-4-14(5-2-12)18(20)21;/h1-2,4-5,13,16H,3,6-11H2,(H,17,19);1H. The number of hydrogen-bond acceptors (Lipinski definition) is 4. The maximum Gasteiger partial charge on any atom is 0.269 e. The predicted octanol–water partition coefficient (Wildman–Crippen LogP) is 2.06. The second-order valence-corrected chi connectivity index (χ2v) is 5.42. The van der Waals surface area contributed by atoms with Gasteiger partial charge in [0.15, 0.2) is 0 Å². The Morgan fingerprint density at radius 1 is 1.36 bits per heavy atom. The van der Waals surface area contributed by atoms with Crippen molar-refractivity contribution in [1.82, 2.24) is 10.6 Å². The summed E-state index contributed by atoms with van der Waals surface area (Å²) in [5.74, 6) is 0.717. The number of benzene rings is 1. The Hall–Kier alpha value is -1.66. The fraction of sp³-hybridized carbons (Fsp3) is 0.533. The van der Waals surface area contributed by atoms with Crippen LogP contribution in [0.4, 0.5) is 5.69 Å². The van der Waals surface area contributed by atoms with Gasteiger partial charge in [-0.25, -0.2) is 0 Å². The minimum atomic E-state index is -0.413. The maximum absolute atomic E-state index is 11.7. The van der Waals surface area contributed by atoms with E-state index in [-0.39, 0.29) is 24.0 Å². The number of carbonyl (C=O) groups is 1. The minimum Gasteiger partial charge on any atom is -0.356 e. The van der Waals surface area contributed by atoms with Gasteiger partial charge in [0.2, 0.25) is 5.91 Å². The maximum atomic E-state index is 11.7. The quantitative estimate of drug-likeness (QED) is 0.593. The Morgan fingerprint density at radius 3 is 2.68 bits per heavy atom. The van der Waals surface area contributed by atoms with Gasteiger partial charge in [-0.15, -0.1) is 12.4 Å². The summed E-state index contributed by atoms with van der Waals surface area (Å²) < 4.78 is 0. The molecule has 2 rings (SSSR count). The zero-order valence-electron chi connectivity index (χ0n) is 12.4. The van der Waals surface area contributed by atoms with E-state index in [2.05, 4.69) is 10.6 Å². The van der Waals surface area contributed by atoms with Gasteiger partial charge in [0, 0.05) is 25.1 Å². The molecule has 0 saturated carbocycles. The van der Waals surface area contributed by atoms with Crippen molar-refractivity contribution in [3.05, 3.63) is 39.9 Å². The third kappa shape index (κ3) is 5.99. The van der Waals surface area contributed by atoms with E-state index in [1.807, 2.05) is 0 Å². The highest BCUT2D eigenvalue weighted by atomic mass is 35.5. The number of nitro groups is 1. The van der Waals surface area contributed by atoms with Crippen molar-refractivity contribution in [2.24, 2.45) is 5.92 Å². The molecule has 1 aromatic rings. The number of amides is 1. The van der Waals surface area contributed by atoms with Gasteiger partial charge in [0.25, 0.3) is 5.69 Å². The van der Waals surface area contributed by atoms with E-state index < -0.39 is 4.92 Å². The molecule has 122 valence electrons. The van der Waals surface area contributed by atoms with E-state index in [0.29, 0.717) is 25.3 Å². The molecule has 1 aliphatic rings. The summed E-state index contributed by atoms with van der Waals surface area (Å²) in [5.41, 5.74) is 1.08. The molecule has 1 aromatic carbocycles. The van der Waals surface area contributed by atoms with Crippen molar-refractivity contribution in [1.29, 1.82) is 0 Å². The molecule has 1 amide bonds. The van der Waals surface area contributed by atoms with Crippen LogP contribution in [-0.4, -0.2) is 30.5 Å². The van der Waals surface area contributed by atoms with Crippen molar-refractivity contribution in [3.8, 4) is 0 Å². The van der Waals surface area contributed by atoms with Crippen LogP contribution in [0.1, 0.15) is 24.8 Å². The van der Waals surface area contributed by atoms with E-state index in [4.69, 9.17) is 0 Å². The van der Waals surface area contributed by atoms with Gasteiger partial charge < -0.3 is 10.6 Å². The fourth-order valence-corrected chi connectivity index (χ4v) is 2.52. The molecule has 1 saturated heterocycles. The summed E-state index contributed by atoms with van der Waals surface area (Å²) >= 11 is 0. The van der Waals surface area contributed by atoms with Crippen LogP contribution in [0.25, 0.3) is 0 Å². The van der Waals surface area contributed by atoms with Gasteiger partial charge in [-0.3, -0.25) is 14.9 Å². The molecule has 1 unspecified atom stereocenters. The van der Waals surface area contributed by atoms with Crippen LogP contribution in [0, 0.1) is 16.0 Å². The van der Waals surface area contributed by atoms with E-state index in [1.165, 1.54) is 12.1 Å². The number of nitro benzene ring substituents is 1. The Labute approximate surface area is 136 Å². The van der Waals surface area contributed by atoms with Crippen LogP contribution in [0.15, 0.2) is 24.3 Å². The molecular formula is C15H22ClN3O3. The lowest BCUT2D eigenvalue weighted by Crippen LogP contribution is -2.26. The van der Waals surface area contributed by atoms with Crippen molar-refractivity contribution in [2.75, 3.05) is 19.6 Å². The van der Waals surface area contributed by atoms with Gasteiger partial charge in [-0.2, -0.15) is 0 Å². The summed E-state index contributed by atoms with van der Waals surface area (Å²) in [5, 5.41) is 16.7. The summed E-state index contributed by atoms with van der Waals surface area (Å²) in [4.78, 5) is 21.8. The molecule has 1 aliphatic heterocycles. The first-order valence-electron chi connectivity index (χ1n) is 7.36. The molecule has 1 heterocycles. The first kappa shape index (κ1) is 18.4. The summed E-state index contributed by atoms with van der Waals surface area (Å²) in [7, 11) is 0. The smallest absolute Gasteiger partial charge is 0.269 e. The van der Waals surface area contributed by atoms with E-state index in [9.17, 15) is 14.9 Å². The monoisotopic (exact) mass is 327 g/mol. The van der Waals surface area contributed by atoms with Gasteiger partial charge in [-0.05, 0) is 43.8 Å². The molecule has 0 bridgehead atoms. The number of carbonyl (C=O) groups excluding carboxylic acids is 1. The van der Waals surface area contributed by atoms with E-state index in [1.54, 1.807) is 12.1 Å². The zero-order valence-corrected chi connectivity index (χ0v) is 13.2. The van der Waals surface area contributed by atoms with Gasteiger partial charge >= 0.3 is 0 Å². The highest BCUT2D eigenvalue weighted by Gasteiger charge is 2.15. The Balaban J connectivity index is 0.00000242. The predicted molar refractivity (Wildman–Crippen MR) is 87.3 cm³/mol. The third-order valence-electron chi connectivity index (χ3n) is 3.83. The highest BCUT2D eigenvalue weighted by Crippen LogP contribution is 2.14. The van der Waals surface area contributed by atoms with Crippen LogP contribution in [0.2, 0.25) is 0 Å². The van der Waals surface area contributed by atoms with Crippen molar-refractivity contribution in [3.63, 3.8) is 0 Å². The number of non-ortho nitro benzene ring substituents is 1. The first-order chi connectivity index (χ1) is 10.1. The van der Waals surface area contributed by atoms with Gasteiger partial charge in [0.05, 0.1) is 4.92 Å². The first-order valence-corrected chi connectivity index (χ1v) is 7.36. The molecule has 0 radical (unpaired) electrons. The molecule has 7 heteroatoms. The van der Waals surface area contributed by atoms with Crippen molar-refractivity contribution >= 4 is 24.0 Å². The lowest BCUT2D eigenvalue weighted by molar-refractivity contribution is -0.384. The number of nitrogens with one attached hydrogen (secondary N) is 2. The van der Waals surface area contributed by atoms with Crippen LogP contribution in [-0.2, 0) is 11.2 Å². The minimum absolute atomic E-state index is 0. The molecule has 6 nitrogen and oxygen atoms in total. The Morgan fingerprint density at radius 2 is 2.09 bits per heavy atom. The fourth-order valence-electron chi connectivity index (χ4n) is 2.52. The van der Waals surface area contributed by atoms with Crippen LogP contribution in [0.3, 0.4) is 0 Å².